The van der Waals surface area contributed by atoms with Gasteiger partial charge in [-0.05, 0) is 30.3 Å². The molecule has 0 fully saturated rings. The zero-order valence-electron chi connectivity index (χ0n) is 10.3. The predicted molar refractivity (Wildman–Crippen MR) is 77.9 cm³/mol. The fourth-order valence-electron chi connectivity index (χ4n) is 1.56. The van der Waals surface area contributed by atoms with Crippen LogP contribution >= 0.6 is 22.3 Å². The minimum absolute atomic E-state index is 0.0544. The van der Waals surface area contributed by atoms with Crippen molar-refractivity contribution in [2.75, 3.05) is 6.61 Å². The van der Waals surface area contributed by atoms with Gasteiger partial charge in [-0.3, -0.25) is 4.98 Å². The first kappa shape index (κ1) is 15.1. The van der Waals surface area contributed by atoms with Crippen LogP contribution in [0.5, 0.6) is 5.75 Å². The summed E-state index contributed by atoms with van der Waals surface area (Å²) >= 11 is 5.95. The van der Waals surface area contributed by atoms with E-state index in [9.17, 15) is 8.42 Å². The van der Waals surface area contributed by atoms with Gasteiger partial charge >= 0.3 is 0 Å². The average Bonchev–Trinajstić information content (AvgIpc) is 2.40. The quantitative estimate of drug-likeness (QED) is 0.789. The van der Waals surface area contributed by atoms with E-state index < -0.39 is 9.05 Å². The fourth-order valence-corrected chi connectivity index (χ4v) is 2.64. The van der Waals surface area contributed by atoms with Crippen molar-refractivity contribution in [2.45, 2.75) is 11.3 Å². The van der Waals surface area contributed by atoms with Crippen LogP contribution in [0.3, 0.4) is 0 Å². The smallest absolute Gasteiger partial charge is 0.261 e. The van der Waals surface area contributed by atoms with E-state index in [4.69, 9.17) is 27.0 Å². The molecule has 0 aliphatic rings. The van der Waals surface area contributed by atoms with Gasteiger partial charge < -0.3 is 4.74 Å². The van der Waals surface area contributed by atoms with Crippen molar-refractivity contribution in [2.24, 2.45) is 0 Å². The lowest BCUT2D eigenvalue weighted by atomic mass is 10.3. The number of benzene rings is 1. The van der Waals surface area contributed by atoms with E-state index in [1.165, 1.54) is 18.2 Å². The molecule has 2 rings (SSSR count). The standard InChI is InChI=1S/C13H11Cl2NO3S/c14-12-9-11(20(15,17)18)4-5-13(12)19-8-6-10-3-1-2-7-16-10/h1-5,7,9H,6,8H2. The second-order valence-corrected chi connectivity index (χ2v) is 6.92. The van der Waals surface area contributed by atoms with Gasteiger partial charge in [0.15, 0.2) is 0 Å². The van der Waals surface area contributed by atoms with Crippen molar-refractivity contribution in [1.29, 1.82) is 0 Å². The molecule has 20 heavy (non-hydrogen) atoms. The van der Waals surface area contributed by atoms with Crippen molar-refractivity contribution >= 4 is 31.3 Å². The number of aromatic nitrogens is 1. The number of hydrogen-bond acceptors (Lipinski definition) is 4. The molecule has 0 bridgehead atoms. The van der Waals surface area contributed by atoms with Gasteiger partial charge in [-0.15, -0.1) is 0 Å². The van der Waals surface area contributed by atoms with Crippen LogP contribution in [-0.2, 0) is 15.5 Å². The minimum atomic E-state index is -3.78. The van der Waals surface area contributed by atoms with Crippen LogP contribution in [0, 0.1) is 0 Å². The molecule has 0 saturated heterocycles. The van der Waals surface area contributed by atoms with Crippen LogP contribution in [0.2, 0.25) is 5.02 Å². The van der Waals surface area contributed by atoms with E-state index in [-0.39, 0.29) is 9.92 Å². The van der Waals surface area contributed by atoms with Crippen LogP contribution in [0.4, 0.5) is 0 Å². The lowest BCUT2D eigenvalue weighted by molar-refractivity contribution is 0.320. The van der Waals surface area contributed by atoms with E-state index in [0.717, 1.165) is 5.69 Å². The van der Waals surface area contributed by atoms with Crippen molar-refractivity contribution in [3.8, 4) is 5.75 Å². The Morgan fingerprint density at radius 3 is 2.60 bits per heavy atom. The summed E-state index contributed by atoms with van der Waals surface area (Å²) in [5.41, 5.74) is 0.906. The maximum atomic E-state index is 11.2. The highest BCUT2D eigenvalue weighted by atomic mass is 35.7. The topological polar surface area (TPSA) is 56.3 Å². The van der Waals surface area contributed by atoms with Crippen LogP contribution in [0.25, 0.3) is 0 Å². The van der Waals surface area contributed by atoms with Gasteiger partial charge in [0.25, 0.3) is 9.05 Å². The molecule has 1 heterocycles. The lowest BCUT2D eigenvalue weighted by Crippen LogP contribution is -2.03. The molecule has 0 spiro atoms. The van der Waals surface area contributed by atoms with Crippen LogP contribution in [0.1, 0.15) is 5.69 Å². The first-order valence-corrected chi connectivity index (χ1v) is 8.42. The van der Waals surface area contributed by atoms with Gasteiger partial charge in [-0.2, -0.15) is 0 Å². The second kappa shape index (κ2) is 6.43. The van der Waals surface area contributed by atoms with E-state index in [1.54, 1.807) is 6.20 Å². The van der Waals surface area contributed by atoms with Crippen LogP contribution < -0.4 is 4.74 Å². The van der Waals surface area contributed by atoms with E-state index in [1.807, 2.05) is 18.2 Å². The first-order chi connectivity index (χ1) is 9.47. The van der Waals surface area contributed by atoms with E-state index >= 15 is 0 Å². The third-order valence-electron chi connectivity index (χ3n) is 2.53. The molecule has 106 valence electrons. The van der Waals surface area contributed by atoms with Crippen LogP contribution in [0.15, 0.2) is 47.5 Å². The van der Waals surface area contributed by atoms with Crippen molar-refractivity contribution in [1.82, 2.24) is 4.98 Å². The second-order valence-electron chi connectivity index (χ2n) is 3.95. The van der Waals surface area contributed by atoms with E-state index in [2.05, 4.69) is 4.98 Å². The zero-order valence-corrected chi connectivity index (χ0v) is 12.6. The van der Waals surface area contributed by atoms with Crippen molar-refractivity contribution < 1.29 is 13.2 Å². The summed E-state index contributed by atoms with van der Waals surface area (Å²) in [6.07, 6.45) is 2.34. The Morgan fingerprint density at radius 1 is 1.20 bits per heavy atom. The SMILES string of the molecule is O=S(=O)(Cl)c1ccc(OCCc2ccccn2)c(Cl)c1. The highest BCUT2D eigenvalue weighted by Gasteiger charge is 2.12. The Hall–Kier alpha value is -1.30. The third kappa shape index (κ3) is 4.10. The highest BCUT2D eigenvalue weighted by molar-refractivity contribution is 8.13. The molecule has 0 unspecified atom stereocenters. The number of rotatable bonds is 5. The predicted octanol–water partition coefficient (Wildman–Crippen LogP) is 3.28. The first-order valence-electron chi connectivity index (χ1n) is 5.74. The molecule has 7 heteroatoms. The monoisotopic (exact) mass is 331 g/mol. The molecule has 1 aromatic carbocycles. The highest BCUT2D eigenvalue weighted by Crippen LogP contribution is 2.28. The molecule has 0 saturated carbocycles. The van der Waals surface area contributed by atoms with Crippen molar-refractivity contribution in [3.63, 3.8) is 0 Å². The van der Waals surface area contributed by atoms with Gasteiger partial charge in [-0.1, -0.05) is 17.7 Å². The Labute approximate surface area is 126 Å². The fraction of sp³-hybridized carbons (Fsp3) is 0.154. The summed E-state index contributed by atoms with van der Waals surface area (Å²) in [5.74, 6) is 0.409. The van der Waals surface area contributed by atoms with Gasteiger partial charge in [0.05, 0.1) is 16.5 Å². The van der Waals surface area contributed by atoms with Crippen LogP contribution in [-0.4, -0.2) is 20.0 Å². The molecular weight excluding hydrogens is 321 g/mol. The van der Waals surface area contributed by atoms with Gasteiger partial charge in [0.1, 0.15) is 5.75 Å². The average molecular weight is 332 g/mol. The summed E-state index contributed by atoms with van der Waals surface area (Å²) in [7, 11) is 1.45. The molecule has 0 N–H and O–H groups in total. The van der Waals surface area contributed by atoms with Gasteiger partial charge in [0.2, 0.25) is 0 Å². The lowest BCUT2D eigenvalue weighted by Gasteiger charge is -2.08. The van der Waals surface area contributed by atoms with Gasteiger partial charge in [-0.25, -0.2) is 8.42 Å². The summed E-state index contributed by atoms with van der Waals surface area (Å²) in [5, 5.41) is 0.202. The normalized spacial score (nSPS) is 11.3. The maximum Gasteiger partial charge on any atom is 0.261 e. The molecule has 1 aromatic heterocycles. The summed E-state index contributed by atoms with van der Waals surface area (Å²) in [6, 6.07) is 9.73. The minimum Gasteiger partial charge on any atom is -0.492 e. The number of halogens is 2. The molecule has 2 aromatic rings. The zero-order chi connectivity index (χ0) is 14.6. The van der Waals surface area contributed by atoms with Gasteiger partial charge in [0, 0.05) is 29.0 Å². The maximum absolute atomic E-state index is 11.2. The summed E-state index contributed by atoms with van der Waals surface area (Å²) < 4.78 is 27.8. The molecule has 0 radical (unpaired) electrons. The molecule has 4 nitrogen and oxygen atoms in total. The Morgan fingerprint density at radius 2 is 2.00 bits per heavy atom. The number of hydrogen-bond donors (Lipinski definition) is 0. The largest absolute Gasteiger partial charge is 0.492 e. The molecule has 0 aliphatic heterocycles. The Bertz CT molecular complexity index is 690. The molecule has 0 atom stereocenters. The molecule has 0 amide bonds. The number of pyridine rings is 1. The molecule has 0 aliphatic carbocycles. The summed E-state index contributed by atoms with van der Waals surface area (Å²) in [6.45, 7) is 0.393. The Balaban J connectivity index is 2.00. The third-order valence-corrected chi connectivity index (χ3v) is 4.17. The molecular formula is C13H11Cl2NO3S. The summed E-state index contributed by atoms with van der Waals surface area (Å²) in [4.78, 5) is 4.11. The van der Waals surface area contributed by atoms with Crippen molar-refractivity contribution in [3.05, 3.63) is 53.3 Å². The Kier molecular flexibility index (Phi) is 4.86. The number of ether oxygens (including phenoxy) is 1. The number of nitrogens with zero attached hydrogens (tertiary/aromatic N) is 1. The van der Waals surface area contributed by atoms with E-state index in [0.29, 0.717) is 18.8 Å².